The molecule has 0 aliphatic carbocycles. The smallest absolute Gasteiger partial charge is 0.142 e. The summed E-state index contributed by atoms with van der Waals surface area (Å²) in [5, 5.41) is 2.32. The normalized spacial score (nSPS) is 8.00. The summed E-state index contributed by atoms with van der Waals surface area (Å²) in [5.41, 5.74) is 0. The van der Waals surface area contributed by atoms with Gasteiger partial charge in [-0.15, -0.1) is 0 Å². The number of hydrogen-bond acceptors (Lipinski definition) is 2. The first-order valence-corrected chi connectivity index (χ1v) is 2.14. The first-order valence-electron chi connectivity index (χ1n) is 1.73. The van der Waals surface area contributed by atoms with E-state index in [1.54, 1.807) is 0 Å². The lowest BCUT2D eigenvalue weighted by Crippen LogP contribution is -1.54. The highest BCUT2D eigenvalue weighted by molar-refractivity contribution is 7.78. The summed E-state index contributed by atoms with van der Waals surface area (Å²) in [5.74, 6) is 0. The second-order valence-electron chi connectivity index (χ2n) is 0.806. The van der Waals surface area contributed by atoms with E-state index in [4.69, 9.17) is 0 Å². The van der Waals surface area contributed by atoms with Gasteiger partial charge >= 0.3 is 0 Å². The van der Waals surface area contributed by atoms with E-state index in [1.165, 1.54) is 18.2 Å². The lowest BCUT2D eigenvalue weighted by molar-refractivity contribution is -0.104. The topological polar surface area (TPSA) is 17.1 Å². The molecule has 0 rings (SSSR count). The van der Waals surface area contributed by atoms with Gasteiger partial charge in [0.25, 0.3) is 0 Å². The number of allylic oxidation sites excluding steroid dienone is 3. The maximum Gasteiger partial charge on any atom is 0.142 e. The van der Waals surface area contributed by atoms with Crippen LogP contribution in [0, 0.1) is 0 Å². The van der Waals surface area contributed by atoms with Crippen LogP contribution in [-0.4, -0.2) is 11.3 Å². The summed E-state index contributed by atoms with van der Waals surface area (Å²) >= 11 is 4.29. The van der Waals surface area contributed by atoms with Gasteiger partial charge in [-0.1, -0.05) is 6.08 Å². The highest BCUT2D eigenvalue weighted by Crippen LogP contribution is 1.63. The van der Waals surface area contributed by atoms with Crippen molar-refractivity contribution in [2.24, 2.45) is 0 Å². The van der Waals surface area contributed by atoms with Gasteiger partial charge in [-0.05, 0) is 29.4 Å². The standard InChI is InChI=1S/C5H4OS/c6-4-2-1-3-5-7/h1-4H/b2-1-. The van der Waals surface area contributed by atoms with Gasteiger partial charge in [0.15, 0.2) is 0 Å². The SMILES string of the molecule is O=C/C=C\C=C=S. The zero-order valence-electron chi connectivity index (χ0n) is 3.63. The highest BCUT2D eigenvalue weighted by atomic mass is 32.1. The Morgan fingerprint density at radius 2 is 2.14 bits per heavy atom. The number of rotatable bonds is 2. The first-order chi connectivity index (χ1) is 3.41. The third-order valence-corrected chi connectivity index (χ3v) is 0.490. The lowest BCUT2D eigenvalue weighted by Gasteiger charge is -1.57. The molecule has 0 saturated carbocycles. The molecule has 0 aliphatic rings. The predicted molar refractivity (Wildman–Crippen MR) is 32.4 cm³/mol. The molecule has 0 aromatic carbocycles. The Hall–Kier alpha value is -0.720. The van der Waals surface area contributed by atoms with Crippen LogP contribution in [-0.2, 0) is 4.79 Å². The molecule has 0 unspecified atom stereocenters. The van der Waals surface area contributed by atoms with E-state index in [1.807, 2.05) is 0 Å². The molecule has 0 bridgehead atoms. The van der Waals surface area contributed by atoms with E-state index in [2.05, 4.69) is 17.2 Å². The molecule has 1 nitrogen and oxygen atoms in total. The second kappa shape index (κ2) is 5.28. The summed E-state index contributed by atoms with van der Waals surface area (Å²) in [4.78, 5) is 9.51. The average Bonchev–Trinajstić information content (AvgIpc) is 1.69. The fourth-order valence-corrected chi connectivity index (χ4v) is 0.219. The van der Waals surface area contributed by atoms with Crippen molar-refractivity contribution >= 4 is 23.5 Å². The summed E-state index contributed by atoms with van der Waals surface area (Å²) in [6.45, 7) is 0. The van der Waals surface area contributed by atoms with Crippen molar-refractivity contribution < 1.29 is 4.79 Å². The Morgan fingerprint density at radius 3 is 2.57 bits per heavy atom. The minimum Gasteiger partial charge on any atom is -0.299 e. The third-order valence-electron chi connectivity index (χ3n) is 0.354. The number of thiocarbonyl (C=S) groups is 1. The van der Waals surface area contributed by atoms with Gasteiger partial charge in [0.2, 0.25) is 0 Å². The van der Waals surface area contributed by atoms with Crippen molar-refractivity contribution in [3.8, 4) is 0 Å². The molecular formula is C5H4OS. The van der Waals surface area contributed by atoms with Crippen LogP contribution in [0.3, 0.4) is 0 Å². The fraction of sp³-hybridized carbons (Fsp3) is 0. The van der Waals surface area contributed by atoms with Crippen molar-refractivity contribution in [2.75, 3.05) is 0 Å². The van der Waals surface area contributed by atoms with E-state index in [0.717, 1.165) is 0 Å². The molecule has 0 aromatic heterocycles. The predicted octanol–water partition coefficient (Wildman–Crippen LogP) is 0.896. The van der Waals surface area contributed by atoms with Gasteiger partial charge < -0.3 is 0 Å². The summed E-state index contributed by atoms with van der Waals surface area (Å²) in [6.07, 6.45) is 5.05. The van der Waals surface area contributed by atoms with Crippen molar-refractivity contribution in [1.82, 2.24) is 0 Å². The number of hydrogen-bond donors (Lipinski definition) is 0. The van der Waals surface area contributed by atoms with E-state index < -0.39 is 0 Å². The Balaban J connectivity index is 3.47. The zero-order valence-corrected chi connectivity index (χ0v) is 4.44. The van der Waals surface area contributed by atoms with Crippen LogP contribution >= 0.6 is 12.2 Å². The van der Waals surface area contributed by atoms with E-state index in [-0.39, 0.29) is 0 Å². The van der Waals surface area contributed by atoms with Gasteiger partial charge in [-0.25, -0.2) is 0 Å². The van der Waals surface area contributed by atoms with E-state index in [0.29, 0.717) is 6.29 Å². The molecule has 36 valence electrons. The Bertz CT molecular complexity index is 120. The molecule has 0 heterocycles. The highest BCUT2D eigenvalue weighted by Gasteiger charge is 1.55. The summed E-state index contributed by atoms with van der Waals surface area (Å²) < 4.78 is 0. The van der Waals surface area contributed by atoms with Gasteiger partial charge in [0, 0.05) is 0 Å². The van der Waals surface area contributed by atoms with Crippen LogP contribution in [0.2, 0.25) is 0 Å². The molecule has 0 amide bonds. The van der Waals surface area contributed by atoms with Crippen LogP contribution in [0.15, 0.2) is 18.2 Å². The molecule has 0 spiro atoms. The van der Waals surface area contributed by atoms with Crippen molar-refractivity contribution in [3.63, 3.8) is 0 Å². The van der Waals surface area contributed by atoms with Crippen molar-refractivity contribution in [1.29, 1.82) is 0 Å². The number of carbonyl (C=O) groups is 1. The Morgan fingerprint density at radius 1 is 1.43 bits per heavy atom. The van der Waals surface area contributed by atoms with Crippen LogP contribution in [0.4, 0.5) is 0 Å². The quantitative estimate of drug-likeness (QED) is 0.228. The van der Waals surface area contributed by atoms with Gasteiger partial charge in [-0.2, -0.15) is 0 Å². The minimum absolute atomic E-state index is 0.684. The Labute approximate surface area is 47.3 Å². The maximum atomic E-state index is 9.51. The molecular weight excluding hydrogens is 108 g/mol. The zero-order chi connectivity index (χ0) is 5.54. The minimum atomic E-state index is 0.684. The molecule has 2 heteroatoms. The first kappa shape index (κ1) is 6.28. The second-order valence-corrected chi connectivity index (χ2v) is 1.04. The Kier molecular flexibility index (Phi) is 4.74. The number of aldehydes is 1. The molecule has 0 N–H and O–H groups in total. The molecule has 0 aliphatic heterocycles. The molecule has 0 atom stereocenters. The van der Waals surface area contributed by atoms with Gasteiger partial charge in [-0.3, -0.25) is 4.79 Å². The van der Waals surface area contributed by atoms with Crippen LogP contribution in [0.25, 0.3) is 0 Å². The van der Waals surface area contributed by atoms with Crippen molar-refractivity contribution in [2.45, 2.75) is 0 Å². The molecule has 0 saturated heterocycles. The van der Waals surface area contributed by atoms with E-state index in [9.17, 15) is 4.79 Å². The molecule has 0 fully saturated rings. The van der Waals surface area contributed by atoms with Crippen molar-refractivity contribution in [3.05, 3.63) is 18.2 Å². The monoisotopic (exact) mass is 112 g/mol. The average molecular weight is 112 g/mol. The lowest BCUT2D eigenvalue weighted by atomic mass is 10.5. The molecule has 0 aromatic rings. The molecule has 0 radical (unpaired) electrons. The van der Waals surface area contributed by atoms with E-state index >= 15 is 0 Å². The van der Waals surface area contributed by atoms with Crippen LogP contribution in [0.1, 0.15) is 0 Å². The number of carbonyl (C=O) groups excluding carboxylic acids is 1. The largest absolute Gasteiger partial charge is 0.299 e. The molecule has 7 heavy (non-hydrogen) atoms. The van der Waals surface area contributed by atoms with Crippen LogP contribution < -0.4 is 0 Å². The van der Waals surface area contributed by atoms with Crippen LogP contribution in [0.5, 0.6) is 0 Å². The van der Waals surface area contributed by atoms with Gasteiger partial charge in [0.05, 0.1) is 0 Å². The fourth-order valence-electron chi connectivity index (χ4n) is 0.140. The summed E-state index contributed by atoms with van der Waals surface area (Å²) in [7, 11) is 0. The maximum absolute atomic E-state index is 9.51. The summed E-state index contributed by atoms with van der Waals surface area (Å²) in [6, 6.07) is 0. The van der Waals surface area contributed by atoms with Gasteiger partial charge in [0.1, 0.15) is 6.29 Å². The third kappa shape index (κ3) is 5.28.